The van der Waals surface area contributed by atoms with Gasteiger partial charge in [0.25, 0.3) is 0 Å². The summed E-state index contributed by atoms with van der Waals surface area (Å²) in [5.41, 5.74) is 1.16. The summed E-state index contributed by atoms with van der Waals surface area (Å²) in [6.07, 6.45) is 3.90. The van der Waals surface area contributed by atoms with E-state index in [0.29, 0.717) is 5.92 Å². The third-order valence-electron chi connectivity index (χ3n) is 4.94. The van der Waals surface area contributed by atoms with Gasteiger partial charge >= 0.3 is 0 Å². The minimum atomic E-state index is -0.452. The lowest BCUT2D eigenvalue weighted by atomic mass is 9.89. The molecule has 1 aromatic rings. The Labute approximate surface area is 124 Å². The van der Waals surface area contributed by atoms with Gasteiger partial charge in [-0.2, -0.15) is 0 Å². The van der Waals surface area contributed by atoms with Crippen LogP contribution in [0.4, 0.5) is 4.39 Å². The zero-order valence-corrected chi connectivity index (χ0v) is 12.2. The molecule has 2 atom stereocenters. The highest BCUT2D eigenvalue weighted by Crippen LogP contribution is 2.32. The first-order valence-electron chi connectivity index (χ1n) is 7.87. The molecule has 1 aromatic carbocycles. The molecular weight excluding hydrogens is 269 g/mol. The van der Waals surface area contributed by atoms with Crippen LogP contribution in [0.25, 0.3) is 0 Å². The van der Waals surface area contributed by atoms with Gasteiger partial charge in [-0.25, -0.2) is 4.39 Å². The van der Waals surface area contributed by atoms with Crippen LogP contribution in [0, 0.1) is 11.7 Å². The van der Waals surface area contributed by atoms with Crippen LogP contribution in [0.15, 0.2) is 24.3 Å². The van der Waals surface area contributed by atoms with E-state index in [1.165, 1.54) is 12.1 Å². The third-order valence-corrected chi connectivity index (χ3v) is 4.94. The summed E-state index contributed by atoms with van der Waals surface area (Å²) in [5.74, 6) is 0.134. The van der Waals surface area contributed by atoms with Crippen molar-refractivity contribution < 1.29 is 14.3 Å². The van der Waals surface area contributed by atoms with Crippen molar-refractivity contribution in [2.75, 3.05) is 13.1 Å². The maximum atomic E-state index is 13.0. The van der Waals surface area contributed by atoms with Crippen molar-refractivity contribution in [3.63, 3.8) is 0 Å². The number of carbonyl (C=O) groups is 1. The highest BCUT2D eigenvalue weighted by molar-refractivity contribution is 5.79. The summed E-state index contributed by atoms with van der Waals surface area (Å²) in [6.45, 7) is 1.48. The van der Waals surface area contributed by atoms with Crippen LogP contribution in [0.3, 0.4) is 0 Å². The van der Waals surface area contributed by atoms with Gasteiger partial charge in [0.2, 0.25) is 5.91 Å². The van der Waals surface area contributed by atoms with E-state index in [4.69, 9.17) is 0 Å². The zero-order chi connectivity index (χ0) is 14.8. The average Bonchev–Trinajstić information content (AvgIpc) is 2.94. The first-order valence-corrected chi connectivity index (χ1v) is 7.87. The Morgan fingerprint density at radius 1 is 1.10 bits per heavy atom. The topological polar surface area (TPSA) is 40.5 Å². The summed E-state index contributed by atoms with van der Waals surface area (Å²) in [5, 5.41) is 9.86. The van der Waals surface area contributed by atoms with Gasteiger partial charge in [0.1, 0.15) is 5.82 Å². The van der Waals surface area contributed by atoms with Crippen LogP contribution >= 0.6 is 0 Å². The minimum absolute atomic E-state index is 0.123. The van der Waals surface area contributed by atoms with Crippen LogP contribution in [-0.2, 0) is 4.79 Å². The van der Waals surface area contributed by atoms with E-state index in [0.717, 1.165) is 50.8 Å². The molecular formula is C17H22FNO2. The minimum Gasteiger partial charge on any atom is -0.392 e. The second-order valence-corrected chi connectivity index (χ2v) is 6.26. The predicted molar refractivity (Wildman–Crippen MR) is 78.3 cm³/mol. The third kappa shape index (κ3) is 3.10. The largest absolute Gasteiger partial charge is 0.392 e. The van der Waals surface area contributed by atoms with Gasteiger partial charge in [-0.1, -0.05) is 12.1 Å². The predicted octanol–water partition coefficient (Wildman–Crippen LogP) is 2.69. The number of carbonyl (C=O) groups excluding carboxylic acids is 1. The van der Waals surface area contributed by atoms with Gasteiger partial charge in [0, 0.05) is 13.1 Å². The molecule has 114 valence electrons. The fraction of sp³-hybridized carbons (Fsp3) is 0.588. The number of benzene rings is 1. The van der Waals surface area contributed by atoms with Crippen molar-refractivity contribution in [3.05, 3.63) is 35.6 Å². The van der Waals surface area contributed by atoms with Crippen LogP contribution in [0.5, 0.6) is 0 Å². The van der Waals surface area contributed by atoms with Crippen molar-refractivity contribution >= 4 is 5.91 Å². The molecule has 0 bridgehead atoms. The Morgan fingerprint density at radius 3 is 2.33 bits per heavy atom. The number of rotatable bonds is 2. The molecule has 2 unspecified atom stereocenters. The van der Waals surface area contributed by atoms with Crippen molar-refractivity contribution in [1.29, 1.82) is 0 Å². The lowest BCUT2D eigenvalue weighted by molar-refractivity contribution is -0.139. The summed E-state index contributed by atoms with van der Waals surface area (Å²) in [7, 11) is 0. The normalized spacial score (nSPS) is 27.0. The standard InChI is InChI=1S/C17H22FNO2/c18-14-6-4-12(5-7-14)13-8-10-19(11-9-13)17(21)15-2-1-3-16(15)20/h4-7,13,15-16,20H,1-3,8-11H2. The lowest BCUT2D eigenvalue weighted by Crippen LogP contribution is -2.43. The zero-order valence-electron chi connectivity index (χ0n) is 12.2. The molecule has 0 aromatic heterocycles. The fourth-order valence-electron chi connectivity index (χ4n) is 3.63. The fourth-order valence-corrected chi connectivity index (χ4v) is 3.63. The summed E-state index contributed by atoms with van der Waals surface area (Å²) in [6, 6.07) is 6.69. The first-order chi connectivity index (χ1) is 10.1. The number of piperidine rings is 1. The van der Waals surface area contributed by atoms with Crippen LogP contribution in [0.2, 0.25) is 0 Å². The molecule has 3 rings (SSSR count). The number of amides is 1. The number of hydrogen-bond donors (Lipinski definition) is 1. The number of aliphatic hydroxyl groups is 1. The Morgan fingerprint density at radius 2 is 1.76 bits per heavy atom. The van der Waals surface area contributed by atoms with E-state index < -0.39 is 6.10 Å². The van der Waals surface area contributed by atoms with Gasteiger partial charge in [0.05, 0.1) is 12.0 Å². The maximum absolute atomic E-state index is 13.0. The number of nitrogens with zero attached hydrogens (tertiary/aromatic N) is 1. The van der Waals surface area contributed by atoms with Gasteiger partial charge in [-0.05, 0) is 55.7 Å². The van der Waals surface area contributed by atoms with Gasteiger partial charge in [0.15, 0.2) is 0 Å². The molecule has 3 nitrogen and oxygen atoms in total. The maximum Gasteiger partial charge on any atom is 0.228 e. The molecule has 0 spiro atoms. The molecule has 1 saturated carbocycles. The Kier molecular flexibility index (Phi) is 4.24. The molecule has 2 aliphatic rings. The van der Waals surface area contributed by atoms with Gasteiger partial charge in [-0.15, -0.1) is 0 Å². The monoisotopic (exact) mass is 291 g/mol. The summed E-state index contributed by atoms with van der Waals surface area (Å²) >= 11 is 0. The average molecular weight is 291 g/mol. The molecule has 4 heteroatoms. The summed E-state index contributed by atoms with van der Waals surface area (Å²) in [4.78, 5) is 14.3. The molecule has 1 aliphatic heterocycles. The molecule has 1 amide bonds. The number of aliphatic hydroxyl groups excluding tert-OH is 1. The quantitative estimate of drug-likeness (QED) is 0.910. The molecule has 21 heavy (non-hydrogen) atoms. The second-order valence-electron chi connectivity index (χ2n) is 6.26. The Balaban J connectivity index is 1.57. The Hall–Kier alpha value is -1.42. The van der Waals surface area contributed by atoms with E-state index in [9.17, 15) is 14.3 Å². The van der Waals surface area contributed by atoms with E-state index in [1.807, 2.05) is 17.0 Å². The summed E-state index contributed by atoms with van der Waals surface area (Å²) < 4.78 is 13.0. The number of likely N-dealkylation sites (tertiary alicyclic amines) is 1. The molecule has 1 saturated heterocycles. The van der Waals surface area contributed by atoms with Crippen molar-refractivity contribution in [1.82, 2.24) is 4.90 Å². The van der Waals surface area contributed by atoms with E-state index in [-0.39, 0.29) is 17.6 Å². The molecule has 1 aliphatic carbocycles. The van der Waals surface area contributed by atoms with Gasteiger partial charge < -0.3 is 10.0 Å². The van der Waals surface area contributed by atoms with E-state index in [2.05, 4.69) is 0 Å². The van der Waals surface area contributed by atoms with Gasteiger partial charge in [-0.3, -0.25) is 4.79 Å². The SMILES string of the molecule is O=C(C1CCCC1O)N1CCC(c2ccc(F)cc2)CC1. The first kappa shape index (κ1) is 14.5. The van der Waals surface area contributed by atoms with Crippen LogP contribution in [0.1, 0.15) is 43.6 Å². The highest BCUT2D eigenvalue weighted by atomic mass is 19.1. The lowest BCUT2D eigenvalue weighted by Gasteiger charge is -2.34. The van der Waals surface area contributed by atoms with Crippen LogP contribution < -0.4 is 0 Å². The number of halogens is 1. The molecule has 0 radical (unpaired) electrons. The molecule has 1 heterocycles. The smallest absolute Gasteiger partial charge is 0.228 e. The number of hydrogen-bond acceptors (Lipinski definition) is 2. The van der Waals surface area contributed by atoms with E-state index >= 15 is 0 Å². The van der Waals surface area contributed by atoms with Crippen molar-refractivity contribution in [3.8, 4) is 0 Å². The van der Waals surface area contributed by atoms with Crippen LogP contribution in [-0.4, -0.2) is 35.1 Å². The van der Waals surface area contributed by atoms with Crippen molar-refractivity contribution in [2.24, 2.45) is 5.92 Å². The second kappa shape index (κ2) is 6.14. The molecule has 2 fully saturated rings. The highest BCUT2D eigenvalue weighted by Gasteiger charge is 2.35. The molecule has 1 N–H and O–H groups in total. The van der Waals surface area contributed by atoms with Crippen molar-refractivity contribution in [2.45, 2.75) is 44.1 Å². The Bertz CT molecular complexity index is 494. The van der Waals surface area contributed by atoms with E-state index in [1.54, 1.807) is 0 Å².